The monoisotopic (exact) mass is 372 g/mol. The average Bonchev–Trinajstić information content (AvgIpc) is 2.96. The molecule has 1 aromatic heterocycles. The van der Waals surface area contributed by atoms with Gasteiger partial charge >= 0.3 is 0 Å². The number of carbonyl (C=O) groups excluding carboxylic acids is 1. The van der Waals surface area contributed by atoms with Gasteiger partial charge in [0.1, 0.15) is 19.0 Å². The van der Waals surface area contributed by atoms with E-state index in [4.69, 9.17) is 9.47 Å². The molecule has 2 heterocycles. The van der Waals surface area contributed by atoms with E-state index in [0.29, 0.717) is 29.5 Å². The summed E-state index contributed by atoms with van der Waals surface area (Å²) in [5.74, 6) is 0.495. The van der Waals surface area contributed by atoms with Crippen LogP contribution < -0.4 is 14.3 Å². The molecule has 3 aromatic rings. The lowest BCUT2D eigenvalue weighted by atomic mass is 10.2. The molecule has 1 aliphatic rings. The smallest absolute Gasteiger partial charge is 0.279 e. The van der Waals surface area contributed by atoms with Crippen molar-refractivity contribution < 1.29 is 18.7 Å². The summed E-state index contributed by atoms with van der Waals surface area (Å²) in [7, 11) is 0. The summed E-state index contributed by atoms with van der Waals surface area (Å²) in [6.45, 7) is 3.82. The van der Waals surface area contributed by atoms with Gasteiger partial charge in [0.2, 0.25) is 0 Å². The fraction of sp³-hybridized carbons (Fsp3) is 0.263. The van der Waals surface area contributed by atoms with Gasteiger partial charge in [-0.1, -0.05) is 24.3 Å². The van der Waals surface area contributed by atoms with E-state index < -0.39 is 11.7 Å². The Morgan fingerprint density at radius 2 is 2.00 bits per heavy atom. The quantitative estimate of drug-likeness (QED) is 0.703. The second-order valence-corrected chi connectivity index (χ2v) is 6.94. The first-order valence-corrected chi connectivity index (χ1v) is 9.25. The van der Waals surface area contributed by atoms with Gasteiger partial charge in [0.05, 0.1) is 10.2 Å². The minimum atomic E-state index is -0.460. The molecule has 2 aromatic carbocycles. The van der Waals surface area contributed by atoms with Crippen molar-refractivity contribution in [3.63, 3.8) is 0 Å². The Morgan fingerprint density at radius 3 is 2.73 bits per heavy atom. The lowest BCUT2D eigenvalue weighted by Crippen LogP contribution is -2.17. The van der Waals surface area contributed by atoms with Crippen LogP contribution in [0.1, 0.15) is 23.7 Å². The Hall–Kier alpha value is -2.67. The van der Waals surface area contributed by atoms with Crippen LogP contribution in [-0.4, -0.2) is 23.7 Å². The van der Waals surface area contributed by atoms with Crippen molar-refractivity contribution in [3.8, 4) is 11.5 Å². The van der Waals surface area contributed by atoms with Gasteiger partial charge in [0.25, 0.3) is 5.91 Å². The van der Waals surface area contributed by atoms with Gasteiger partial charge in [-0.2, -0.15) is 4.99 Å². The van der Waals surface area contributed by atoms with E-state index in [1.807, 2.05) is 16.7 Å². The number of amides is 1. The molecule has 0 saturated carbocycles. The number of thiazole rings is 1. The van der Waals surface area contributed by atoms with E-state index in [1.165, 1.54) is 29.5 Å². The maximum atomic E-state index is 13.4. The summed E-state index contributed by atoms with van der Waals surface area (Å²) in [5.41, 5.74) is 1.18. The third-order valence-corrected chi connectivity index (χ3v) is 5.10. The van der Waals surface area contributed by atoms with Crippen LogP contribution >= 0.6 is 11.3 Å². The summed E-state index contributed by atoms with van der Waals surface area (Å²) >= 11 is 1.41. The number of aryl methyl sites for hydroxylation is 1. The Kier molecular flexibility index (Phi) is 4.46. The van der Waals surface area contributed by atoms with Gasteiger partial charge in [-0.05, 0) is 24.6 Å². The second-order valence-electron chi connectivity index (χ2n) is 5.93. The number of benzene rings is 2. The third-order valence-electron chi connectivity index (χ3n) is 4.06. The van der Waals surface area contributed by atoms with Gasteiger partial charge in [-0.25, -0.2) is 4.39 Å². The normalized spacial score (nSPS) is 14.0. The molecule has 0 aliphatic carbocycles. The van der Waals surface area contributed by atoms with Crippen LogP contribution in [0.25, 0.3) is 10.2 Å². The number of hydrogen-bond donors (Lipinski definition) is 0. The largest absolute Gasteiger partial charge is 0.486 e. The molecule has 0 spiro atoms. The van der Waals surface area contributed by atoms with Crippen LogP contribution in [0.15, 0.2) is 41.4 Å². The zero-order valence-corrected chi connectivity index (χ0v) is 15.0. The molecule has 0 fully saturated rings. The van der Waals surface area contributed by atoms with Crippen molar-refractivity contribution in [1.82, 2.24) is 4.57 Å². The molecule has 1 amide bonds. The molecule has 0 N–H and O–H groups in total. The summed E-state index contributed by atoms with van der Waals surface area (Å²) in [6.07, 6.45) is 0.890. The lowest BCUT2D eigenvalue weighted by molar-refractivity contribution is 0.0997. The Labute approximate surface area is 153 Å². The van der Waals surface area contributed by atoms with Crippen LogP contribution in [0.3, 0.4) is 0 Å². The minimum absolute atomic E-state index is 0.233. The van der Waals surface area contributed by atoms with Crippen molar-refractivity contribution >= 4 is 27.5 Å². The first-order chi connectivity index (χ1) is 12.7. The number of carbonyl (C=O) groups is 1. The molecular formula is C19H17FN2O3S. The molecule has 7 heteroatoms. The van der Waals surface area contributed by atoms with Gasteiger partial charge in [0, 0.05) is 24.2 Å². The van der Waals surface area contributed by atoms with Crippen molar-refractivity contribution in [2.45, 2.75) is 19.9 Å². The fourth-order valence-electron chi connectivity index (χ4n) is 2.90. The second kappa shape index (κ2) is 6.92. The maximum absolute atomic E-state index is 13.4. The van der Waals surface area contributed by atoms with Crippen LogP contribution in [0.5, 0.6) is 11.5 Å². The third kappa shape index (κ3) is 3.10. The van der Waals surface area contributed by atoms with E-state index in [0.717, 1.165) is 23.2 Å². The predicted molar refractivity (Wildman–Crippen MR) is 97.4 cm³/mol. The average molecular weight is 372 g/mol. The molecular weight excluding hydrogens is 355 g/mol. The molecule has 4 rings (SSSR count). The lowest BCUT2D eigenvalue weighted by Gasteiger charge is -2.18. The molecule has 0 atom stereocenters. The van der Waals surface area contributed by atoms with Crippen molar-refractivity contribution in [3.05, 3.63) is 52.6 Å². The summed E-state index contributed by atoms with van der Waals surface area (Å²) in [6, 6.07) is 9.42. The van der Waals surface area contributed by atoms with Crippen LogP contribution in [-0.2, 0) is 6.54 Å². The summed E-state index contributed by atoms with van der Waals surface area (Å²) in [4.78, 5) is 17.3. The number of ether oxygens (including phenoxy) is 2. The number of aromatic nitrogens is 1. The van der Waals surface area contributed by atoms with E-state index in [1.54, 1.807) is 6.07 Å². The predicted octanol–water partition coefficient (Wildman–Crippen LogP) is 3.76. The highest BCUT2D eigenvalue weighted by molar-refractivity contribution is 7.16. The first kappa shape index (κ1) is 16.8. The molecule has 0 saturated heterocycles. The van der Waals surface area contributed by atoms with E-state index in [-0.39, 0.29) is 5.56 Å². The van der Waals surface area contributed by atoms with Gasteiger partial charge in [-0.15, -0.1) is 0 Å². The van der Waals surface area contributed by atoms with Gasteiger partial charge in [0.15, 0.2) is 16.3 Å². The number of nitrogens with zero attached hydrogens (tertiary/aromatic N) is 2. The maximum Gasteiger partial charge on any atom is 0.279 e. The van der Waals surface area contributed by atoms with E-state index in [9.17, 15) is 9.18 Å². The highest BCUT2D eigenvalue weighted by Crippen LogP contribution is 2.35. The summed E-state index contributed by atoms with van der Waals surface area (Å²) in [5, 5.41) is 0. The minimum Gasteiger partial charge on any atom is -0.486 e. The Balaban J connectivity index is 1.85. The standard InChI is InChI=1S/C19H17FN2O3S/c1-2-6-22-14-10-15-16(25-8-7-24-15)11-17(14)26-19(22)21-18(23)12-4-3-5-13(20)9-12/h3-5,9-11H,2,6-8H2,1H3. The fourth-order valence-corrected chi connectivity index (χ4v) is 3.97. The van der Waals surface area contributed by atoms with Gasteiger partial charge in [-0.3, -0.25) is 4.79 Å². The van der Waals surface area contributed by atoms with Crippen LogP contribution in [0, 0.1) is 5.82 Å². The number of hydrogen-bond acceptors (Lipinski definition) is 4. The van der Waals surface area contributed by atoms with Crippen molar-refractivity contribution in [2.75, 3.05) is 13.2 Å². The van der Waals surface area contributed by atoms with Crippen LogP contribution in [0.4, 0.5) is 4.39 Å². The highest BCUT2D eigenvalue weighted by atomic mass is 32.1. The first-order valence-electron chi connectivity index (χ1n) is 8.43. The molecule has 0 bridgehead atoms. The highest BCUT2D eigenvalue weighted by Gasteiger charge is 2.17. The van der Waals surface area contributed by atoms with Crippen LogP contribution in [0.2, 0.25) is 0 Å². The van der Waals surface area contributed by atoms with Crippen molar-refractivity contribution in [1.29, 1.82) is 0 Å². The molecule has 134 valence electrons. The number of rotatable bonds is 3. The zero-order valence-electron chi connectivity index (χ0n) is 14.2. The van der Waals surface area contributed by atoms with Gasteiger partial charge < -0.3 is 14.0 Å². The molecule has 0 radical (unpaired) electrons. The molecule has 0 unspecified atom stereocenters. The molecule has 5 nitrogen and oxygen atoms in total. The number of fused-ring (bicyclic) bond motifs is 2. The Bertz CT molecular complexity index is 1050. The zero-order chi connectivity index (χ0) is 18.1. The van der Waals surface area contributed by atoms with Crippen molar-refractivity contribution in [2.24, 2.45) is 4.99 Å². The molecule has 1 aliphatic heterocycles. The summed E-state index contributed by atoms with van der Waals surface area (Å²) < 4.78 is 27.6. The van der Waals surface area contributed by atoms with E-state index >= 15 is 0 Å². The molecule has 26 heavy (non-hydrogen) atoms. The Morgan fingerprint density at radius 1 is 1.23 bits per heavy atom. The number of halogens is 1. The topological polar surface area (TPSA) is 52.8 Å². The van der Waals surface area contributed by atoms with E-state index in [2.05, 4.69) is 11.9 Å². The SMILES string of the molecule is CCCn1c(=NC(=O)c2cccc(F)c2)sc2cc3c(cc21)OCCO3.